The van der Waals surface area contributed by atoms with E-state index < -0.39 is 42.5 Å². The van der Waals surface area contributed by atoms with Crippen molar-refractivity contribution >= 4 is 35.8 Å². The van der Waals surface area contributed by atoms with E-state index >= 15 is 0 Å². The number of nitrogens with one attached hydrogen (secondary N) is 1. The number of methoxy groups -OCH3 is 2. The predicted molar refractivity (Wildman–Crippen MR) is 242 cm³/mol. The Balaban J connectivity index is 1.20. The molecule has 5 aromatic rings. The Morgan fingerprint density at radius 3 is 2.08 bits per heavy atom. The van der Waals surface area contributed by atoms with Crippen LogP contribution in [0.4, 0.5) is 0 Å². The molecular weight excluding hydrogens is 834 g/mol. The standard InChI is InChI=1S/C46H52N3O9PS2/c1-33-31-49(44(53)47-42(33)51)40-24-25-45(57-40,30-41(50)58-59(48-26-10-11-27-48)61-29-28-60-43(52)34-12-6-4-7-13-34)32-56-46(35-14-8-5-9-15-35,36-16-20-38(54-2)21-17-36)37-18-22-39(55-3)23-19-37/h4-9,12-23,31,40-41,50H,10-11,24-30,32H2,1-3H3,(H,47,51,53)/t40-,41-,45?,59?/m1/s1. The molecule has 322 valence electrons. The van der Waals surface area contributed by atoms with Crippen LogP contribution in [-0.2, 0) is 19.6 Å². The molecule has 0 amide bonds. The summed E-state index contributed by atoms with van der Waals surface area (Å²) in [5.41, 5.74) is 0.188. The summed E-state index contributed by atoms with van der Waals surface area (Å²) < 4.78 is 35.6. The first kappa shape index (κ1) is 44.8. The lowest BCUT2D eigenvalue weighted by Crippen LogP contribution is -2.44. The fourth-order valence-corrected chi connectivity index (χ4v) is 13.0. The SMILES string of the molecule is COc1ccc(C(OCC2(C[C@H](O)OP(SCCSC(=O)c3ccccc3)N3CCCC3)CC[C@H](n3cc(C)c(=O)[nH]c3=O)O2)(c2ccccc2)c2ccc(OC)cc2)cc1. The van der Waals surface area contributed by atoms with Crippen LogP contribution in [0.1, 0.15) is 70.9 Å². The number of aliphatic hydroxyl groups is 1. The van der Waals surface area contributed by atoms with Gasteiger partial charge in [0, 0.05) is 48.3 Å². The lowest BCUT2D eigenvalue weighted by molar-refractivity contribution is -0.168. The molecule has 2 fully saturated rings. The molecule has 0 aliphatic carbocycles. The van der Waals surface area contributed by atoms with E-state index in [4.69, 9.17) is 23.5 Å². The highest BCUT2D eigenvalue weighted by atomic mass is 32.7. The van der Waals surface area contributed by atoms with Crippen molar-refractivity contribution in [1.82, 2.24) is 14.2 Å². The van der Waals surface area contributed by atoms with Crippen LogP contribution in [0.3, 0.4) is 0 Å². The van der Waals surface area contributed by atoms with Gasteiger partial charge in [-0.2, -0.15) is 0 Å². The molecule has 2 aliphatic rings. The first-order valence-electron chi connectivity index (χ1n) is 20.4. The zero-order valence-corrected chi connectivity index (χ0v) is 37.1. The molecule has 2 aliphatic heterocycles. The lowest BCUT2D eigenvalue weighted by Gasteiger charge is -2.40. The summed E-state index contributed by atoms with van der Waals surface area (Å²) in [6.07, 6.45) is 2.43. The number of aliphatic hydroxyl groups excluding tert-OH is 1. The maximum absolute atomic E-state index is 13.2. The number of H-pyrrole nitrogens is 1. The topological polar surface area (TPSA) is 142 Å². The van der Waals surface area contributed by atoms with Gasteiger partial charge in [-0.05, 0) is 73.6 Å². The Bertz CT molecular complexity index is 2260. The molecule has 2 unspecified atom stereocenters. The van der Waals surface area contributed by atoms with Crippen LogP contribution in [0.5, 0.6) is 11.5 Å². The highest BCUT2D eigenvalue weighted by Gasteiger charge is 2.48. The van der Waals surface area contributed by atoms with Gasteiger partial charge in [0.05, 0.1) is 26.4 Å². The smallest absolute Gasteiger partial charge is 0.330 e. The van der Waals surface area contributed by atoms with Gasteiger partial charge < -0.3 is 28.6 Å². The number of aromatic nitrogens is 2. The minimum absolute atomic E-state index is 0.0129. The van der Waals surface area contributed by atoms with Crippen LogP contribution < -0.4 is 20.7 Å². The van der Waals surface area contributed by atoms with E-state index in [-0.39, 0.29) is 18.1 Å². The number of aromatic amines is 1. The second kappa shape index (κ2) is 20.8. The van der Waals surface area contributed by atoms with Crippen LogP contribution in [0.15, 0.2) is 125 Å². The van der Waals surface area contributed by atoms with Crippen molar-refractivity contribution in [1.29, 1.82) is 0 Å². The molecule has 2 saturated heterocycles. The number of carbonyl (C=O) groups excluding carboxylic acids is 1. The van der Waals surface area contributed by atoms with Gasteiger partial charge in [0.2, 0.25) is 5.12 Å². The molecule has 4 aromatic carbocycles. The Morgan fingerprint density at radius 1 is 0.885 bits per heavy atom. The lowest BCUT2D eigenvalue weighted by atomic mass is 9.79. The zero-order valence-electron chi connectivity index (χ0n) is 34.6. The molecule has 15 heteroatoms. The minimum Gasteiger partial charge on any atom is -0.497 e. The molecule has 12 nitrogen and oxygen atoms in total. The Kier molecular flexibility index (Phi) is 15.2. The van der Waals surface area contributed by atoms with Crippen molar-refractivity contribution in [2.45, 2.75) is 62.7 Å². The number of hydrogen-bond donors (Lipinski definition) is 2. The molecule has 0 saturated carbocycles. The highest BCUT2D eigenvalue weighted by molar-refractivity contribution is 8.53. The van der Waals surface area contributed by atoms with E-state index in [1.165, 1.54) is 22.5 Å². The van der Waals surface area contributed by atoms with E-state index in [0.717, 1.165) is 42.6 Å². The second-order valence-corrected chi connectivity index (χ2v) is 19.8. The van der Waals surface area contributed by atoms with Crippen molar-refractivity contribution in [3.63, 3.8) is 0 Å². The van der Waals surface area contributed by atoms with Gasteiger partial charge in [0.1, 0.15) is 23.3 Å². The average molecular weight is 886 g/mol. The van der Waals surface area contributed by atoms with Crippen LogP contribution in [0, 0.1) is 6.92 Å². The number of benzene rings is 4. The molecule has 7 rings (SSSR count). The second-order valence-electron chi connectivity index (χ2n) is 15.1. The van der Waals surface area contributed by atoms with E-state index in [1.807, 2.05) is 109 Å². The van der Waals surface area contributed by atoms with Gasteiger partial charge in [0.15, 0.2) is 13.8 Å². The normalized spacial score (nSPS) is 19.1. The fourth-order valence-electron chi connectivity index (χ4n) is 7.83. The number of carbonyl (C=O) groups is 1. The third-order valence-corrected chi connectivity index (χ3v) is 16.2. The molecule has 0 bridgehead atoms. The monoisotopic (exact) mass is 885 g/mol. The Hall–Kier alpha value is -4.24. The maximum atomic E-state index is 13.2. The number of aryl methyl sites for hydroxylation is 1. The third-order valence-electron chi connectivity index (χ3n) is 11.0. The first-order valence-corrected chi connectivity index (χ1v) is 24.2. The van der Waals surface area contributed by atoms with E-state index in [2.05, 4.69) is 9.65 Å². The Labute approximate surface area is 365 Å². The van der Waals surface area contributed by atoms with Crippen LogP contribution in [-0.4, -0.2) is 81.8 Å². The molecule has 61 heavy (non-hydrogen) atoms. The number of thioether (sulfide) groups is 1. The first-order chi connectivity index (χ1) is 29.6. The molecule has 2 N–H and O–H groups in total. The average Bonchev–Trinajstić information content (AvgIpc) is 3.99. The molecule has 4 atom stereocenters. The third kappa shape index (κ3) is 10.7. The van der Waals surface area contributed by atoms with Gasteiger partial charge in [-0.3, -0.25) is 23.8 Å². The van der Waals surface area contributed by atoms with Gasteiger partial charge in [-0.25, -0.2) is 4.79 Å². The minimum atomic E-state index is -1.29. The van der Waals surface area contributed by atoms with Gasteiger partial charge in [-0.15, -0.1) is 0 Å². The van der Waals surface area contributed by atoms with Crippen LogP contribution in [0.2, 0.25) is 0 Å². The summed E-state index contributed by atoms with van der Waals surface area (Å²) >= 11 is 2.90. The van der Waals surface area contributed by atoms with Gasteiger partial charge in [-0.1, -0.05) is 108 Å². The summed E-state index contributed by atoms with van der Waals surface area (Å²) in [6, 6.07) is 34.7. The fraction of sp³-hybridized carbons (Fsp3) is 0.370. The molecular formula is C46H52N3O9PS2. The summed E-state index contributed by atoms with van der Waals surface area (Å²) in [7, 11) is 1.96. The summed E-state index contributed by atoms with van der Waals surface area (Å²) in [5.74, 6) is 2.63. The van der Waals surface area contributed by atoms with E-state index in [1.54, 1.807) is 32.5 Å². The maximum Gasteiger partial charge on any atom is 0.330 e. The van der Waals surface area contributed by atoms with Crippen molar-refractivity contribution in [2.24, 2.45) is 0 Å². The number of ether oxygens (including phenoxy) is 4. The van der Waals surface area contributed by atoms with Gasteiger partial charge >= 0.3 is 5.69 Å². The molecule has 0 radical (unpaired) electrons. The molecule has 3 heterocycles. The number of nitrogens with zero attached hydrogens (tertiary/aromatic N) is 2. The van der Waals surface area contributed by atoms with E-state index in [9.17, 15) is 19.5 Å². The summed E-state index contributed by atoms with van der Waals surface area (Å²) in [4.78, 5) is 40.8. The van der Waals surface area contributed by atoms with Gasteiger partial charge in [0.25, 0.3) is 5.56 Å². The van der Waals surface area contributed by atoms with Crippen molar-refractivity contribution in [3.8, 4) is 11.5 Å². The quantitative estimate of drug-likeness (QED) is 0.0357. The number of hydrogen-bond acceptors (Lipinski definition) is 12. The van der Waals surface area contributed by atoms with Crippen molar-refractivity contribution < 1.29 is 33.4 Å². The summed E-state index contributed by atoms with van der Waals surface area (Å²) in [5, 5.41) is 12.0. The molecule has 0 spiro atoms. The van der Waals surface area contributed by atoms with Crippen LogP contribution >= 0.6 is 30.6 Å². The van der Waals surface area contributed by atoms with Crippen molar-refractivity contribution in [2.75, 3.05) is 45.4 Å². The highest BCUT2D eigenvalue weighted by Crippen LogP contribution is 2.57. The predicted octanol–water partition coefficient (Wildman–Crippen LogP) is 8.27. The number of rotatable bonds is 19. The van der Waals surface area contributed by atoms with Crippen molar-refractivity contribution in [3.05, 3.63) is 164 Å². The summed E-state index contributed by atoms with van der Waals surface area (Å²) in [6.45, 7) is 3.34. The largest absolute Gasteiger partial charge is 0.497 e. The molecule has 1 aromatic heterocycles. The Morgan fingerprint density at radius 2 is 1.48 bits per heavy atom. The van der Waals surface area contributed by atoms with E-state index in [0.29, 0.717) is 47.0 Å². The zero-order chi connectivity index (χ0) is 42.8. The van der Waals surface area contributed by atoms with Crippen LogP contribution in [0.25, 0.3) is 0 Å².